The van der Waals surface area contributed by atoms with Gasteiger partial charge in [0, 0.05) is 30.7 Å². The maximum absolute atomic E-state index is 12.2. The highest BCUT2D eigenvalue weighted by Gasteiger charge is 2.20. The van der Waals surface area contributed by atoms with Gasteiger partial charge in [0.15, 0.2) is 0 Å². The van der Waals surface area contributed by atoms with Crippen molar-refractivity contribution in [2.24, 2.45) is 0 Å². The SMILES string of the molecule is CCCN1CCC(NC(=O)CNC(=O)c2ccc(S(=O)(=O)NC(C)C)cc2)CC1. The van der Waals surface area contributed by atoms with E-state index in [0.29, 0.717) is 5.56 Å². The van der Waals surface area contributed by atoms with E-state index in [1.807, 2.05) is 0 Å². The highest BCUT2D eigenvalue weighted by molar-refractivity contribution is 7.89. The van der Waals surface area contributed by atoms with Crippen molar-refractivity contribution in [3.63, 3.8) is 0 Å². The Hall–Kier alpha value is -1.97. The van der Waals surface area contributed by atoms with Crippen LogP contribution in [0.4, 0.5) is 0 Å². The maximum atomic E-state index is 12.2. The molecule has 1 heterocycles. The van der Waals surface area contributed by atoms with E-state index in [9.17, 15) is 18.0 Å². The third-order valence-corrected chi connectivity index (χ3v) is 6.39. The first-order valence-corrected chi connectivity index (χ1v) is 11.6. The average Bonchev–Trinajstić information content (AvgIpc) is 2.67. The molecule has 2 rings (SSSR count). The largest absolute Gasteiger partial charge is 0.352 e. The fourth-order valence-electron chi connectivity index (χ4n) is 3.32. The lowest BCUT2D eigenvalue weighted by molar-refractivity contribution is -0.121. The molecule has 2 amide bonds. The van der Waals surface area contributed by atoms with Gasteiger partial charge in [-0.05, 0) is 63.9 Å². The summed E-state index contributed by atoms with van der Waals surface area (Å²) in [7, 11) is -3.60. The Bertz CT molecular complexity index is 785. The first kappa shape index (κ1) is 23.3. The second-order valence-corrected chi connectivity index (χ2v) is 9.38. The molecule has 162 valence electrons. The van der Waals surface area contributed by atoms with Crippen LogP contribution in [0.3, 0.4) is 0 Å². The van der Waals surface area contributed by atoms with Gasteiger partial charge in [0.25, 0.3) is 5.91 Å². The summed E-state index contributed by atoms with van der Waals surface area (Å²) in [6.45, 7) is 8.56. The summed E-state index contributed by atoms with van der Waals surface area (Å²) in [6, 6.07) is 5.55. The van der Waals surface area contributed by atoms with Crippen molar-refractivity contribution in [3.05, 3.63) is 29.8 Å². The van der Waals surface area contributed by atoms with Crippen LogP contribution in [0.25, 0.3) is 0 Å². The average molecular weight is 425 g/mol. The third kappa shape index (κ3) is 7.41. The molecule has 3 N–H and O–H groups in total. The van der Waals surface area contributed by atoms with Crippen molar-refractivity contribution >= 4 is 21.8 Å². The summed E-state index contributed by atoms with van der Waals surface area (Å²) >= 11 is 0. The molecule has 0 saturated carbocycles. The van der Waals surface area contributed by atoms with Crippen LogP contribution in [-0.2, 0) is 14.8 Å². The Labute approximate surface area is 173 Å². The van der Waals surface area contributed by atoms with E-state index in [1.165, 1.54) is 24.3 Å². The van der Waals surface area contributed by atoms with Gasteiger partial charge in [0.05, 0.1) is 11.4 Å². The monoisotopic (exact) mass is 424 g/mol. The van der Waals surface area contributed by atoms with E-state index < -0.39 is 15.9 Å². The third-order valence-electron chi connectivity index (χ3n) is 4.72. The van der Waals surface area contributed by atoms with Gasteiger partial charge < -0.3 is 15.5 Å². The normalized spacial score (nSPS) is 16.0. The minimum atomic E-state index is -3.60. The van der Waals surface area contributed by atoms with E-state index in [4.69, 9.17) is 0 Å². The van der Waals surface area contributed by atoms with Crippen LogP contribution in [-0.4, -0.2) is 63.4 Å². The summed E-state index contributed by atoms with van der Waals surface area (Å²) in [5.74, 6) is -0.633. The van der Waals surface area contributed by atoms with Crippen LogP contribution in [0.1, 0.15) is 50.4 Å². The van der Waals surface area contributed by atoms with Crippen molar-refractivity contribution < 1.29 is 18.0 Å². The Morgan fingerprint density at radius 2 is 1.76 bits per heavy atom. The summed E-state index contributed by atoms with van der Waals surface area (Å²) in [5, 5.41) is 5.55. The number of nitrogens with zero attached hydrogens (tertiary/aromatic N) is 1. The number of likely N-dealkylation sites (tertiary alicyclic amines) is 1. The van der Waals surface area contributed by atoms with Crippen LogP contribution >= 0.6 is 0 Å². The molecule has 0 bridgehead atoms. The van der Waals surface area contributed by atoms with Crippen molar-refractivity contribution in [1.82, 2.24) is 20.3 Å². The molecule has 1 fully saturated rings. The molecule has 1 aliphatic heterocycles. The summed E-state index contributed by atoms with van der Waals surface area (Å²) in [5.41, 5.74) is 0.300. The lowest BCUT2D eigenvalue weighted by Crippen LogP contribution is -2.47. The second kappa shape index (κ2) is 10.7. The number of hydrogen-bond acceptors (Lipinski definition) is 5. The Morgan fingerprint density at radius 1 is 1.14 bits per heavy atom. The minimum absolute atomic E-state index is 0.0925. The number of sulfonamides is 1. The van der Waals surface area contributed by atoms with Crippen LogP contribution in [0.2, 0.25) is 0 Å². The number of carbonyl (C=O) groups excluding carboxylic acids is 2. The molecule has 0 atom stereocenters. The summed E-state index contributed by atoms with van der Waals surface area (Å²) < 4.78 is 26.7. The molecule has 1 aromatic carbocycles. The van der Waals surface area contributed by atoms with E-state index in [-0.39, 0.29) is 29.4 Å². The fraction of sp³-hybridized carbons (Fsp3) is 0.600. The van der Waals surface area contributed by atoms with Gasteiger partial charge in [-0.2, -0.15) is 0 Å². The molecule has 29 heavy (non-hydrogen) atoms. The van der Waals surface area contributed by atoms with E-state index >= 15 is 0 Å². The van der Waals surface area contributed by atoms with Gasteiger partial charge in [0.1, 0.15) is 0 Å². The van der Waals surface area contributed by atoms with Crippen molar-refractivity contribution in [2.75, 3.05) is 26.2 Å². The molecule has 0 radical (unpaired) electrons. The molecule has 1 saturated heterocycles. The number of rotatable bonds is 9. The maximum Gasteiger partial charge on any atom is 0.251 e. The quantitative estimate of drug-likeness (QED) is 0.550. The van der Waals surface area contributed by atoms with Crippen LogP contribution in [0, 0.1) is 0 Å². The van der Waals surface area contributed by atoms with E-state index in [2.05, 4.69) is 27.2 Å². The van der Waals surface area contributed by atoms with Crippen molar-refractivity contribution in [3.8, 4) is 0 Å². The topological polar surface area (TPSA) is 108 Å². The summed E-state index contributed by atoms with van der Waals surface area (Å²) in [4.78, 5) is 26.8. The number of piperidine rings is 1. The minimum Gasteiger partial charge on any atom is -0.352 e. The highest BCUT2D eigenvalue weighted by Crippen LogP contribution is 2.12. The predicted molar refractivity (Wildman–Crippen MR) is 112 cm³/mol. The molecule has 0 aliphatic carbocycles. The first-order chi connectivity index (χ1) is 13.7. The van der Waals surface area contributed by atoms with E-state index in [0.717, 1.165) is 38.9 Å². The van der Waals surface area contributed by atoms with Gasteiger partial charge in [-0.1, -0.05) is 6.92 Å². The van der Waals surface area contributed by atoms with Gasteiger partial charge in [-0.3, -0.25) is 9.59 Å². The highest BCUT2D eigenvalue weighted by atomic mass is 32.2. The first-order valence-electron chi connectivity index (χ1n) is 10.1. The number of nitrogens with one attached hydrogen (secondary N) is 3. The van der Waals surface area contributed by atoms with Crippen molar-refractivity contribution in [2.45, 2.75) is 57.0 Å². The number of amides is 2. The standard InChI is InChI=1S/C20H32N4O4S/c1-4-11-24-12-9-17(10-13-24)22-19(25)14-21-20(26)16-5-7-18(8-6-16)29(27,28)23-15(2)3/h5-8,15,17,23H,4,9-14H2,1-3H3,(H,21,26)(H,22,25). The molecule has 0 unspecified atom stereocenters. The molecule has 1 aliphatic rings. The van der Waals surface area contributed by atoms with Crippen molar-refractivity contribution in [1.29, 1.82) is 0 Å². The zero-order valence-corrected chi connectivity index (χ0v) is 18.2. The Morgan fingerprint density at radius 3 is 2.31 bits per heavy atom. The number of carbonyl (C=O) groups is 2. The Kier molecular flexibility index (Phi) is 8.60. The van der Waals surface area contributed by atoms with Gasteiger partial charge in [-0.25, -0.2) is 13.1 Å². The molecule has 9 heteroatoms. The molecule has 1 aromatic rings. The molecule has 0 aromatic heterocycles. The molecule has 0 spiro atoms. The smallest absolute Gasteiger partial charge is 0.251 e. The van der Waals surface area contributed by atoms with Crippen LogP contribution < -0.4 is 15.4 Å². The molecule has 8 nitrogen and oxygen atoms in total. The molecular formula is C20H32N4O4S. The van der Waals surface area contributed by atoms with E-state index in [1.54, 1.807) is 13.8 Å². The number of hydrogen-bond donors (Lipinski definition) is 3. The van der Waals surface area contributed by atoms with Crippen LogP contribution in [0.15, 0.2) is 29.2 Å². The lowest BCUT2D eigenvalue weighted by atomic mass is 10.0. The number of benzene rings is 1. The summed E-state index contributed by atoms with van der Waals surface area (Å²) in [6.07, 6.45) is 2.96. The Balaban J connectivity index is 1.79. The lowest BCUT2D eigenvalue weighted by Gasteiger charge is -2.32. The second-order valence-electron chi connectivity index (χ2n) is 7.67. The zero-order valence-electron chi connectivity index (χ0n) is 17.4. The van der Waals surface area contributed by atoms with Gasteiger partial charge in [0.2, 0.25) is 15.9 Å². The predicted octanol–water partition coefficient (Wildman–Crippen LogP) is 1.09. The zero-order chi connectivity index (χ0) is 21.4. The molecular weight excluding hydrogens is 392 g/mol. The van der Waals surface area contributed by atoms with Gasteiger partial charge in [-0.15, -0.1) is 0 Å². The van der Waals surface area contributed by atoms with Gasteiger partial charge >= 0.3 is 0 Å². The fourth-order valence-corrected chi connectivity index (χ4v) is 4.57. The van der Waals surface area contributed by atoms with Crippen LogP contribution in [0.5, 0.6) is 0 Å².